The van der Waals surface area contributed by atoms with E-state index < -0.39 is 5.54 Å². The number of pyridine rings is 2. The molecular formula is C29H37N7O2. The van der Waals surface area contributed by atoms with Crippen LogP contribution in [0.5, 0.6) is 0 Å². The third-order valence-corrected chi connectivity index (χ3v) is 6.79. The van der Waals surface area contributed by atoms with Crippen LogP contribution in [-0.4, -0.2) is 55.7 Å². The molecule has 0 saturated carbocycles. The lowest BCUT2D eigenvalue weighted by Crippen LogP contribution is -2.39. The van der Waals surface area contributed by atoms with E-state index in [2.05, 4.69) is 68.4 Å². The highest BCUT2D eigenvalue weighted by molar-refractivity contribution is 5.89. The zero-order chi connectivity index (χ0) is 27.1. The molecule has 3 aromatic heterocycles. The molecule has 5 N–H and O–H groups in total. The van der Waals surface area contributed by atoms with Gasteiger partial charge in [-0.25, -0.2) is 4.98 Å². The highest BCUT2D eigenvalue weighted by Crippen LogP contribution is 2.29. The average molecular weight is 516 g/mol. The summed E-state index contributed by atoms with van der Waals surface area (Å²) in [6.07, 6.45) is 7.19. The van der Waals surface area contributed by atoms with Gasteiger partial charge in [-0.05, 0) is 49.6 Å². The number of nitrogens with zero attached hydrogens (tertiary/aromatic N) is 4. The maximum absolute atomic E-state index is 12.3. The lowest BCUT2D eigenvalue weighted by Gasteiger charge is -2.29. The van der Waals surface area contributed by atoms with Gasteiger partial charge in [0, 0.05) is 37.1 Å². The number of hydrogen-bond donors (Lipinski definition) is 4. The Bertz CT molecular complexity index is 1420. The lowest BCUT2D eigenvalue weighted by molar-refractivity contribution is 0.212. The maximum Gasteiger partial charge on any atom is 0.248 e. The summed E-state index contributed by atoms with van der Waals surface area (Å²) in [6.45, 7) is 5.55. The number of nitrogens with two attached hydrogens (primary N) is 1. The minimum atomic E-state index is -0.561. The van der Waals surface area contributed by atoms with Crippen LogP contribution >= 0.6 is 0 Å². The number of rotatable bonds is 12. The first-order chi connectivity index (χ1) is 18.3. The summed E-state index contributed by atoms with van der Waals surface area (Å²) in [5.41, 5.74) is 10.3. The number of nitrogen functional groups attached to an aromatic ring is 1. The van der Waals surface area contributed by atoms with Crippen molar-refractivity contribution in [2.45, 2.75) is 51.6 Å². The van der Waals surface area contributed by atoms with Crippen molar-refractivity contribution in [3.8, 4) is 11.1 Å². The van der Waals surface area contributed by atoms with E-state index in [0.29, 0.717) is 23.4 Å². The zero-order valence-corrected chi connectivity index (χ0v) is 22.4. The summed E-state index contributed by atoms with van der Waals surface area (Å²) in [4.78, 5) is 30.8. The van der Waals surface area contributed by atoms with E-state index in [4.69, 9.17) is 5.73 Å². The number of aromatic amines is 1. The summed E-state index contributed by atoms with van der Waals surface area (Å²) < 4.78 is 0. The molecule has 200 valence electrons. The van der Waals surface area contributed by atoms with Gasteiger partial charge in [0.25, 0.3) is 0 Å². The van der Waals surface area contributed by atoms with Crippen molar-refractivity contribution in [3.63, 3.8) is 0 Å². The van der Waals surface area contributed by atoms with Gasteiger partial charge in [0.2, 0.25) is 11.5 Å². The van der Waals surface area contributed by atoms with Gasteiger partial charge in [-0.15, -0.1) is 0 Å². The van der Waals surface area contributed by atoms with Gasteiger partial charge in [-0.1, -0.05) is 50.1 Å². The quantitative estimate of drug-likeness (QED) is 0.223. The molecule has 0 saturated heterocycles. The highest BCUT2D eigenvalue weighted by atomic mass is 16.3. The summed E-state index contributed by atoms with van der Waals surface area (Å²) in [5.74, 6) is 0.597. The monoisotopic (exact) mass is 515 g/mol. The van der Waals surface area contributed by atoms with Crippen molar-refractivity contribution in [1.29, 1.82) is 0 Å². The lowest BCUT2D eigenvalue weighted by atomic mass is 9.96. The molecule has 4 rings (SSSR count). The molecule has 1 atom stereocenters. The number of anilines is 2. The van der Waals surface area contributed by atoms with Crippen molar-refractivity contribution < 1.29 is 5.11 Å². The number of H-pyrrole nitrogens is 1. The SMILES string of the molecule is CCCC[C@](C)(CO)Nc1nc(N)nc2cc(-c3cc(=O)[nH]cc3CN(C)CCc3ccccc3)cnc12. The van der Waals surface area contributed by atoms with Gasteiger partial charge in [-0.2, -0.15) is 4.98 Å². The van der Waals surface area contributed by atoms with Crippen molar-refractivity contribution in [2.75, 3.05) is 31.2 Å². The number of unbranched alkanes of at least 4 members (excludes halogenated alkanes) is 1. The molecule has 3 heterocycles. The fourth-order valence-electron chi connectivity index (χ4n) is 4.54. The number of nitrogens with one attached hydrogen (secondary N) is 2. The van der Waals surface area contributed by atoms with E-state index in [1.54, 1.807) is 18.5 Å². The van der Waals surface area contributed by atoms with Crippen LogP contribution in [0.4, 0.5) is 11.8 Å². The summed E-state index contributed by atoms with van der Waals surface area (Å²) in [7, 11) is 2.07. The second kappa shape index (κ2) is 12.1. The number of benzene rings is 1. The van der Waals surface area contributed by atoms with Crippen LogP contribution in [0.25, 0.3) is 22.2 Å². The van der Waals surface area contributed by atoms with Gasteiger partial charge in [-0.3, -0.25) is 9.78 Å². The van der Waals surface area contributed by atoms with Crippen LogP contribution in [0, 0.1) is 0 Å². The standard InChI is InChI=1S/C29H37N7O2/c1-4-5-12-29(2,19-37)35-27-26-24(33-28(30)34-27)14-21(16-32-26)23-15-25(38)31-17-22(23)18-36(3)13-11-20-9-7-6-8-10-20/h6-10,14-17,37H,4-5,11-13,18-19H2,1-3H3,(H,31,38)(H3,30,33,34,35)/t29-/m1/s1. The van der Waals surface area contributed by atoms with E-state index >= 15 is 0 Å². The van der Waals surface area contributed by atoms with Gasteiger partial charge in [0.05, 0.1) is 17.7 Å². The predicted octanol–water partition coefficient (Wildman–Crippen LogP) is 3.99. The fraction of sp³-hybridized carbons (Fsp3) is 0.379. The van der Waals surface area contributed by atoms with E-state index in [-0.39, 0.29) is 18.1 Å². The van der Waals surface area contributed by atoms with Gasteiger partial charge in [0.15, 0.2) is 5.82 Å². The average Bonchev–Trinajstić information content (AvgIpc) is 2.92. The molecule has 0 radical (unpaired) electrons. The molecule has 0 fully saturated rings. The maximum atomic E-state index is 12.3. The number of likely N-dealkylation sites (N-methyl/N-ethyl adjacent to an activating group) is 1. The Morgan fingerprint density at radius 3 is 2.71 bits per heavy atom. The molecule has 0 aliphatic heterocycles. The van der Waals surface area contributed by atoms with Crippen LogP contribution in [-0.2, 0) is 13.0 Å². The second-order valence-corrected chi connectivity index (χ2v) is 10.2. The molecule has 0 bridgehead atoms. The molecule has 38 heavy (non-hydrogen) atoms. The van der Waals surface area contributed by atoms with E-state index in [0.717, 1.165) is 48.9 Å². The number of fused-ring (bicyclic) bond motifs is 1. The van der Waals surface area contributed by atoms with Crippen LogP contribution in [0.1, 0.15) is 44.2 Å². The molecule has 9 nitrogen and oxygen atoms in total. The Morgan fingerprint density at radius 1 is 1.18 bits per heavy atom. The van der Waals surface area contributed by atoms with Crippen molar-refractivity contribution in [1.82, 2.24) is 24.8 Å². The first kappa shape index (κ1) is 27.2. The fourth-order valence-corrected chi connectivity index (χ4v) is 4.54. The van der Waals surface area contributed by atoms with Crippen LogP contribution in [0.15, 0.2) is 59.7 Å². The Morgan fingerprint density at radius 2 is 1.97 bits per heavy atom. The molecule has 0 aliphatic rings. The second-order valence-electron chi connectivity index (χ2n) is 10.2. The molecule has 0 aliphatic carbocycles. The summed E-state index contributed by atoms with van der Waals surface area (Å²) >= 11 is 0. The molecule has 4 aromatic rings. The summed E-state index contributed by atoms with van der Waals surface area (Å²) in [6, 6.07) is 13.9. The minimum absolute atomic E-state index is 0.0512. The van der Waals surface area contributed by atoms with Crippen molar-refractivity contribution >= 4 is 22.8 Å². The third kappa shape index (κ3) is 6.73. The highest BCUT2D eigenvalue weighted by Gasteiger charge is 2.25. The van der Waals surface area contributed by atoms with E-state index in [1.807, 2.05) is 19.1 Å². The smallest absolute Gasteiger partial charge is 0.248 e. The molecular weight excluding hydrogens is 478 g/mol. The number of aliphatic hydroxyl groups is 1. The van der Waals surface area contributed by atoms with E-state index in [9.17, 15) is 9.90 Å². The third-order valence-electron chi connectivity index (χ3n) is 6.79. The number of aliphatic hydroxyl groups excluding tert-OH is 1. The Hall–Kier alpha value is -3.82. The normalized spacial score (nSPS) is 13.1. The molecule has 0 unspecified atom stereocenters. The number of hydrogen-bond acceptors (Lipinski definition) is 8. The van der Waals surface area contributed by atoms with Crippen LogP contribution in [0.3, 0.4) is 0 Å². The summed E-state index contributed by atoms with van der Waals surface area (Å²) in [5, 5.41) is 13.4. The first-order valence-electron chi connectivity index (χ1n) is 13.1. The van der Waals surface area contributed by atoms with Crippen molar-refractivity contribution in [2.24, 2.45) is 0 Å². The van der Waals surface area contributed by atoms with Gasteiger partial charge in [0.1, 0.15) is 5.52 Å². The van der Waals surface area contributed by atoms with Crippen LogP contribution < -0.4 is 16.6 Å². The predicted molar refractivity (Wildman–Crippen MR) is 153 cm³/mol. The first-order valence-corrected chi connectivity index (χ1v) is 13.1. The molecule has 0 amide bonds. The molecule has 9 heteroatoms. The Kier molecular flexibility index (Phi) is 8.70. The Balaban J connectivity index is 1.62. The number of aromatic nitrogens is 4. The zero-order valence-electron chi connectivity index (χ0n) is 22.4. The molecule has 1 aromatic carbocycles. The Labute approximate surface area is 223 Å². The van der Waals surface area contributed by atoms with Crippen molar-refractivity contribution in [3.05, 3.63) is 76.3 Å². The topological polar surface area (TPSA) is 133 Å². The van der Waals surface area contributed by atoms with Crippen LogP contribution in [0.2, 0.25) is 0 Å². The largest absolute Gasteiger partial charge is 0.394 e. The van der Waals surface area contributed by atoms with E-state index in [1.165, 1.54) is 5.56 Å². The van der Waals surface area contributed by atoms with Gasteiger partial charge < -0.3 is 26.0 Å². The van der Waals surface area contributed by atoms with Gasteiger partial charge >= 0.3 is 0 Å². The molecule has 0 spiro atoms. The minimum Gasteiger partial charge on any atom is -0.394 e.